The van der Waals surface area contributed by atoms with Gasteiger partial charge in [-0.3, -0.25) is 4.79 Å². The summed E-state index contributed by atoms with van der Waals surface area (Å²) in [5.74, 6) is 0.533. The Balaban J connectivity index is 2.16. The fourth-order valence-electron chi connectivity index (χ4n) is 1.76. The van der Waals surface area contributed by atoms with Crippen LogP contribution in [-0.2, 0) is 11.3 Å². The van der Waals surface area contributed by atoms with E-state index in [0.29, 0.717) is 23.4 Å². The molecule has 0 aliphatic rings. The monoisotopic (exact) mass is 324 g/mol. The number of carbonyl (C=O) groups is 2. The molecule has 0 spiro atoms. The van der Waals surface area contributed by atoms with Gasteiger partial charge in [-0.15, -0.1) is 0 Å². The Morgan fingerprint density at radius 3 is 2.73 bits per heavy atom. The molecule has 1 aromatic heterocycles. The first kappa shape index (κ1) is 15.9. The molecule has 0 radical (unpaired) electrons. The van der Waals surface area contributed by atoms with Gasteiger partial charge in [-0.2, -0.15) is 0 Å². The van der Waals surface area contributed by atoms with Crippen LogP contribution in [0, 0.1) is 0 Å². The summed E-state index contributed by atoms with van der Waals surface area (Å²) in [6.07, 6.45) is 0.660. The van der Waals surface area contributed by atoms with E-state index in [1.807, 2.05) is 0 Å². The molecule has 6 nitrogen and oxygen atoms in total. The quantitative estimate of drug-likeness (QED) is 0.600. The van der Waals surface area contributed by atoms with Crippen molar-refractivity contribution in [2.24, 2.45) is 0 Å². The minimum Gasteiger partial charge on any atom is -0.493 e. The maximum absolute atomic E-state index is 11.3. The molecule has 0 aliphatic carbocycles. The van der Waals surface area contributed by atoms with Crippen molar-refractivity contribution in [2.45, 2.75) is 6.61 Å². The summed E-state index contributed by atoms with van der Waals surface area (Å²) in [4.78, 5) is 22.1. The van der Waals surface area contributed by atoms with Crippen molar-refractivity contribution in [3.8, 4) is 11.5 Å². The Morgan fingerprint density at radius 1 is 1.32 bits per heavy atom. The van der Waals surface area contributed by atoms with Gasteiger partial charge in [-0.05, 0) is 24.3 Å². The average Bonchev–Trinajstić information content (AvgIpc) is 3.01. The van der Waals surface area contributed by atoms with Crippen molar-refractivity contribution in [2.75, 3.05) is 14.2 Å². The summed E-state index contributed by atoms with van der Waals surface area (Å²) in [6, 6.07) is 6.05. The number of rotatable bonds is 6. The van der Waals surface area contributed by atoms with Crippen LogP contribution in [-0.4, -0.2) is 26.5 Å². The van der Waals surface area contributed by atoms with Crippen molar-refractivity contribution >= 4 is 23.9 Å². The second kappa shape index (κ2) is 7.00. The van der Waals surface area contributed by atoms with Crippen LogP contribution in [0.15, 0.2) is 28.7 Å². The number of esters is 1. The third-order valence-corrected chi connectivity index (χ3v) is 3.08. The van der Waals surface area contributed by atoms with Gasteiger partial charge in [0.25, 0.3) is 0 Å². The summed E-state index contributed by atoms with van der Waals surface area (Å²) >= 11 is 6.07. The summed E-state index contributed by atoms with van der Waals surface area (Å²) in [7, 11) is 2.70. The first-order valence-electron chi connectivity index (χ1n) is 6.21. The number of hydrogen-bond acceptors (Lipinski definition) is 6. The molecule has 0 saturated carbocycles. The van der Waals surface area contributed by atoms with Gasteiger partial charge in [0.05, 0.1) is 19.2 Å². The summed E-state index contributed by atoms with van der Waals surface area (Å²) in [5, 5.41) is 0.237. The van der Waals surface area contributed by atoms with E-state index in [9.17, 15) is 9.59 Å². The molecule has 0 unspecified atom stereocenters. The van der Waals surface area contributed by atoms with Crippen molar-refractivity contribution in [3.63, 3.8) is 0 Å². The van der Waals surface area contributed by atoms with Crippen LogP contribution in [0.3, 0.4) is 0 Å². The highest BCUT2D eigenvalue weighted by Gasteiger charge is 2.15. The highest BCUT2D eigenvalue weighted by molar-refractivity contribution is 6.32. The second-order valence-electron chi connectivity index (χ2n) is 4.20. The van der Waals surface area contributed by atoms with Crippen molar-refractivity contribution in [3.05, 3.63) is 46.4 Å². The molecular weight excluding hydrogens is 312 g/mol. The van der Waals surface area contributed by atoms with E-state index in [0.717, 1.165) is 0 Å². The van der Waals surface area contributed by atoms with Gasteiger partial charge in [-0.1, -0.05) is 11.6 Å². The molecule has 22 heavy (non-hydrogen) atoms. The topological polar surface area (TPSA) is 75.0 Å². The van der Waals surface area contributed by atoms with E-state index in [4.69, 9.17) is 25.5 Å². The molecule has 0 bridgehead atoms. The Hall–Kier alpha value is -2.47. The van der Waals surface area contributed by atoms with Gasteiger partial charge < -0.3 is 18.6 Å². The molecule has 0 amide bonds. The molecule has 0 aliphatic heterocycles. The lowest BCUT2D eigenvalue weighted by atomic mass is 10.2. The summed E-state index contributed by atoms with van der Waals surface area (Å²) in [6.45, 7) is 0.0352. The number of carbonyl (C=O) groups excluding carboxylic acids is 2. The molecule has 116 valence electrons. The summed E-state index contributed by atoms with van der Waals surface area (Å²) < 4.78 is 20.5. The lowest BCUT2D eigenvalue weighted by Crippen LogP contribution is -2.00. The zero-order valence-corrected chi connectivity index (χ0v) is 12.7. The van der Waals surface area contributed by atoms with E-state index >= 15 is 0 Å². The van der Waals surface area contributed by atoms with Crippen LogP contribution in [0.2, 0.25) is 5.02 Å². The zero-order chi connectivity index (χ0) is 16.1. The van der Waals surface area contributed by atoms with Crippen molar-refractivity contribution in [1.82, 2.24) is 0 Å². The highest BCUT2D eigenvalue weighted by Crippen LogP contribution is 2.36. The average molecular weight is 325 g/mol. The van der Waals surface area contributed by atoms with Crippen LogP contribution >= 0.6 is 11.6 Å². The fourth-order valence-corrected chi connectivity index (χ4v) is 2.03. The Bertz CT molecular complexity index is 691. The molecule has 7 heteroatoms. The van der Waals surface area contributed by atoms with Crippen LogP contribution in [0.5, 0.6) is 11.5 Å². The Labute approximate surface area is 131 Å². The molecule has 0 atom stereocenters. The van der Waals surface area contributed by atoms with Gasteiger partial charge >= 0.3 is 5.97 Å². The number of halogens is 1. The molecule has 2 aromatic rings. The molecule has 0 N–H and O–H groups in total. The number of aldehydes is 1. The lowest BCUT2D eigenvalue weighted by molar-refractivity contribution is 0.0560. The second-order valence-corrected chi connectivity index (χ2v) is 4.61. The van der Waals surface area contributed by atoms with Gasteiger partial charge in [0.1, 0.15) is 18.7 Å². The molecule has 0 fully saturated rings. The van der Waals surface area contributed by atoms with E-state index in [2.05, 4.69) is 4.74 Å². The Morgan fingerprint density at radius 2 is 2.09 bits per heavy atom. The maximum Gasteiger partial charge on any atom is 0.373 e. The largest absolute Gasteiger partial charge is 0.493 e. The Kier molecular flexibility index (Phi) is 5.06. The van der Waals surface area contributed by atoms with E-state index in [-0.39, 0.29) is 23.1 Å². The van der Waals surface area contributed by atoms with Gasteiger partial charge in [0, 0.05) is 5.56 Å². The maximum atomic E-state index is 11.3. The molecule has 1 heterocycles. The number of ether oxygens (including phenoxy) is 3. The van der Waals surface area contributed by atoms with Gasteiger partial charge in [0.15, 0.2) is 11.5 Å². The normalized spacial score (nSPS) is 10.1. The summed E-state index contributed by atoms with van der Waals surface area (Å²) in [5.41, 5.74) is 0.375. The third kappa shape index (κ3) is 3.40. The first-order chi connectivity index (χ1) is 10.6. The molecule has 1 aromatic carbocycles. The standard InChI is InChI=1S/C15H13ClO6/c1-19-13-6-9(7-17)5-11(16)14(13)21-8-10-3-4-12(22-10)15(18)20-2/h3-7H,8H2,1-2H3. The molecule has 2 rings (SSSR count). The van der Waals surface area contributed by atoms with E-state index < -0.39 is 5.97 Å². The first-order valence-corrected chi connectivity index (χ1v) is 6.59. The van der Waals surface area contributed by atoms with Crippen LogP contribution in [0.25, 0.3) is 0 Å². The van der Waals surface area contributed by atoms with Crippen LogP contribution in [0.4, 0.5) is 0 Å². The lowest BCUT2D eigenvalue weighted by Gasteiger charge is -2.12. The molecular formula is C15H13ClO6. The smallest absolute Gasteiger partial charge is 0.373 e. The third-order valence-electron chi connectivity index (χ3n) is 2.79. The predicted octanol–water partition coefficient (Wildman–Crippen LogP) is 3.12. The predicted molar refractivity (Wildman–Crippen MR) is 77.8 cm³/mol. The minimum atomic E-state index is -0.572. The van der Waals surface area contributed by atoms with Crippen molar-refractivity contribution < 1.29 is 28.2 Å². The molecule has 0 saturated heterocycles. The number of methoxy groups -OCH3 is 2. The number of hydrogen-bond donors (Lipinski definition) is 0. The van der Waals surface area contributed by atoms with Crippen LogP contribution < -0.4 is 9.47 Å². The van der Waals surface area contributed by atoms with E-state index in [1.54, 1.807) is 6.07 Å². The van der Waals surface area contributed by atoms with Gasteiger partial charge in [-0.25, -0.2) is 4.79 Å². The van der Waals surface area contributed by atoms with Crippen molar-refractivity contribution in [1.29, 1.82) is 0 Å². The highest BCUT2D eigenvalue weighted by atomic mass is 35.5. The number of furan rings is 1. The SMILES string of the molecule is COC(=O)c1ccc(COc2c(Cl)cc(C=O)cc2OC)o1. The minimum absolute atomic E-state index is 0.0352. The van der Waals surface area contributed by atoms with E-state index in [1.165, 1.54) is 32.4 Å². The number of benzene rings is 1. The zero-order valence-electron chi connectivity index (χ0n) is 11.9. The van der Waals surface area contributed by atoms with Crippen LogP contribution in [0.1, 0.15) is 26.7 Å². The van der Waals surface area contributed by atoms with Gasteiger partial charge in [0.2, 0.25) is 5.76 Å². The fraction of sp³-hybridized carbons (Fsp3) is 0.200.